The van der Waals surface area contributed by atoms with Crippen LogP contribution < -0.4 is 4.74 Å². The molecule has 0 N–H and O–H groups in total. The predicted octanol–water partition coefficient (Wildman–Crippen LogP) is 4.56. The topological polar surface area (TPSA) is 22.1 Å². The van der Waals surface area contributed by atoms with Crippen molar-refractivity contribution in [2.24, 2.45) is 0 Å². The molecular formula is C16H12ClNO. The molecule has 3 aromatic rings. The number of benzene rings is 2. The van der Waals surface area contributed by atoms with Crippen molar-refractivity contribution in [2.75, 3.05) is 7.11 Å². The van der Waals surface area contributed by atoms with Gasteiger partial charge in [-0.05, 0) is 35.9 Å². The van der Waals surface area contributed by atoms with Gasteiger partial charge in [0.05, 0.1) is 12.6 Å². The Labute approximate surface area is 116 Å². The number of hydrogen-bond acceptors (Lipinski definition) is 2. The molecule has 0 saturated carbocycles. The number of hydrogen-bond donors (Lipinski definition) is 0. The number of pyridine rings is 1. The van der Waals surface area contributed by atoms with Gasteiger partial charge in [0.1, 0.15) is 5.75 Å². The van der Waals surface area contributed by atoms with Crippen molar-refractivity contribution >= 4 is 22.5 Å². The minimum Gasteiger partial charge on any atom is -0.497 e. The highest BCUT2D eigenvalue weighted by Gasteiger charge is 2.07. The summed E-state index contributed by atoms with van der Waals surface area (Å²) >= 11 is 6.18. The van der Waals surface area contributed by atoms with E-state index < -0.39 is 0 Å². The molecular weight excluding hydrogens is 258 g/mol. The molecule has 3 rings (SSSR count). The fourth-order valence-corrected chi connectivity index (χ4v) is 2.37. The van der Waals surface area contributed by atoms with Crippen LogP contribution in [0.5, 0.6) is 5.75 Å². The Kier molecular flexibility index (Phi) is 3.10. The summed E-state index contributed by atoms with van der Waals surface area (Å²) in [5.74, 6) is 0.836. The Balaban J connectivity index is 2.22. The van der Waals surface area contributed by atoms with Gasteiger partial charge in [-0.2, -0.15) is 0 Å². The summed E-state index contributed by atoms with van der Waals surface area (Å²) in [4.78, 5) is 4.45. The standard InChI is InChI=1S/C16H12ClNO/c1-19-14-6-4-11(5-7-14)15-10-13(17)9-12-3-2-8-18-16(12)15/h2-10H,1H3. The molecule has 94 valence electrons. The third-order valence-electron chi connectivity index (χ3n) is 3.07. The Morgan fingerprint density at radius 3 is 2.58 bits per heavy atom. The maximum atomic E-state index is 6.18. The molecule has 2 nitrogen and oxygen atoms in total. The fourth-order valence-electron chi connectivity index (χ4n) is 2.15. The second-order valence-corrected chi connectivity index (χ2v) is 4.69. The molecule has 0 bridgehead atoms. The van der Waals surface area contributed by atoms with Crippen molar-refractivity contribution in [3.8, 4) is 16.9 Å². The summed E-state index contributed by atoms with van der Waals surface area (Å²) in [5, 5.41) is 1.76. The number of fused-ring (bicyclic) bond motifs is 1. The lowest BCUT2D eigenvalue weighted by Gasteiger charge is -2.08. The molecule has 1 heterocycles. The molecule has 0 fully saturated rings. The number of aromatic nitrogens is 1. The van der Waals surface area contributed by atoms with E-state index in [4.69, 9.17) is 16.3 Å². The number of rotatable bonds is 2. The SMILES string of the molecule is COc1ccc(-c2cc(Cl)cc3cccnc23)cc1. The van der Waals surface area contributed by atoms with Gasteiger partial charge in [0, 0.05) is 22.2 Å². The van der Waals surface area contributed by atoms with E-state index in [9.17, 15) is 0 Å². The molecule has 0 saturated heterocycles. The molecule has 0 aliphatic rings. The second kappa shape index (κ2) is 4.90. The summed E-state index contributed by atoms with van der Waals surface area (Å²) in [6.45, 7) is 0. The van der Waals surface area contributed by atoms with Crippen LogP contribution in [0.1, 0.15) is 0 Å². The Morgan fingerprint density at radius 2 is 1.84 bits per heavy atom. The third-order valence-corrected chi connectivity index (χ3v) is 3.29. The van der Waals surface area contributed by atoms with Crippen molar-refractivity contribution in [3.05, 3.63) is 59.8 Å². The van der Waals surface area contributed by atoms with E-state index in [0.717, 1.165) is 27.8 Å². The zero-order valence-corrected chi connectivity index (χ0v) is 11.2. The van der Waals surface area contributed by atoms with E-state index in [2.05, 4.69) is 4.98 Å². The first-order valence-electron chi connectivity index (χ1n) is 5.96. The smallest absolute Gasteiger partial charge is 0.118 e. The molecule has 0 amide bonds. The highest BCUT2D eigenvalue weighted by molar-refractivity contribution is 6.31. The lowest BCUT2D eigenvalue weighted by atomic mass is 10.0. The van der Waals surface area contributed by atoms with Crippen LogP contribution in [-0.2, 0) is 0 Å². The van der Waals surface area contributed by atoms with E-state index in [0.29, 0.717) is 5.02 Å². The maximum Gasteiger partial charge on any atom is 0.118 e. The van der Waals surface area contributed by atoms with Gasteiger partial charge in [0.25, 0.3) is 0 Å². The zero-order valence-electron chi connectivity index (χ0n) is 10.4. The number of ether oxygens (including phenoxy) is 1. The second-order valence-electron chi connectivity index (χ2n) is 4.26. The minimum atomic E-state index is 0.714. The van der Waals surface area contributed by atoms with Gasteiger partial charge in [-0.3, -0.25) is 4.98 Å². The van der Waals surface area contributed by atoms with Crippen molar-refractivity contribution < 1.29 is 4.74 Å². The highest BCUT2D eigenvalue weighted by atomic mass is 35.5. The average molecular weight is 270 g/mol. The van der Waals surface area contributed by atoms with Crippen LogP contribution in [0.4, 0.5) is 0 Å². The minimum absolute atomic E-state index is 0.714. The first-order chi connectivity index (χ1) is 9.28. The van der Waals surface area contributed by atoms with Crippen LogP contribution in [0.15, 0.2) is 54.7 Å². The average Bonchev–Trinajstić information content (AvgIpc) is 2.46. The molecule has 0 radical (unpaired) electrons. The van der Waals surface area contributed by atoms with Crippen LogP contribution in [0.3, 0.4) is 0 Å². The molecule has 0 atom stereocenters. The van der Waals surface area contributed by atoms with Crippen LogP contribution in [0.25, 0.3) is 22.0 Å². The summed E-state index contributed by atoms with van der Waals surface area (Å²) in [7, 11) is 1.66. The largest absolute Gasteiger partial charge is 0.497 e. The zero-order chi connectivity index (χ0) is 13.2. The van der Waals surface area contributed by atoms with Crippen molar-refractivity contribution in [3.63, 3.8) is 0 Å². The summed E-state index contributed by atoms with van der Waals surface area (Å²) in [6.07, 6.45) is 1.79. The summed E-state index contributed by atoms with van der Waals surface area (Å²) < 4.78 is 5.17. The molecule has 3 heteroatoms. The molecule has 19 heavy (non-hydrogen) atoms. The fraction of sp³-hybridized carbons (Fsp3) is 0.0625. The Morgan fingerprint density at radius 1 is 1.05 bits per heavy atom. The van der Waals surface area contributed by atoms with Crippen LogP contribution >= 0.6 is 11.6 Å². The van der Waals surface area contributed by atoms with Gasteiger partial charge in [0.2, 0.25) is 0 Å². The van der Waals surface area contributed by atoms with Gasteiger partial charge in [-0.1, -0.05) is 29.8 Å². The van der Waals surface area contributed by atoms with E-state index in [1.807, 2.05) is 48.5 Å². The van der Waals surface area contributed by atoms with Crippen molar-refractivity contribution in [1.82, 2.24) is 4.98 Å². The lowest BCUT2D eigenvalue weighted by Crippen LogP contribution is -1.86. The Bertz CT molecular complexity index is 722. The molecule has 1 aromatic heterocycles. The van der Waals surface area contributed by atoms with Gasteiger partial charge < -0.3 is 4.74 Å². The Hall–Kier alpha value is -2.06. The van der Waals surface area contributed by atoms with Crippen LogP contribution in [0.2, 0.25) is 5.02 Å². The van der Waals surface area contributed by atoms with Crippen molar-refractivity contribution in [2.45, 2.75) is 0 Å². The molecule has 0 spiro atoms. The lowest BCUT2D eigenvalue weighted by molar-refractivity contribution is 0.415. The monoisotopic (exact) mass is 269 g/mol. The van der Waals surface area contributed by atoms with Crippen LogP contribution in [-0.4, -0.2) is 12.1 Å². The van der Waals surface area contributed by atoms with Crippen LogP contribution in [0, 0.1) is 0 Å². The van der Waals surface area contributed by atoms with E-state index >= 15 is 0 Å². The van der Waals surface area contributed by atoms with Gasteiger partial charge in [-0.25, -0.2) is 0 Å². The van der Waals surface area contributed by atoms with Gasteiger partial charge in [0.15, 0.2) is 0 Å². The normalized spacial score (nSPS) is 10.6. The van der Waals surface area contributed by atoms with E-state index in [1.54, 1.807) is 13.3 Å². The molecule has 0 unspecified atom stereocenters. The first-order valence-corrected chi connectivity index (χ1v) is 6.34. The van der Waals surface area contributed by atoms with Crippen molar-refractivity contribution in [1.29, 1.82) is 0 Å². The van der Waals surface area contributed by atoms with Gasteiger partial charge in [-0.15, -0.1) is 0 Å². The molecule has 0 aliphatic carbocycles. The molecule has 0 aliphatic heterocycles. The number of nitrogens with zero attached hydrogens (tertiary/aromatic N) is 1. The third kappa shape index (κ3) is 2.27. The number of halogens is 1. The molecule has 2 aromatic carbocycles. The number of methoxy groups -OCH3 is 1. The quantitative estimate of drug-likeness (QED) is 0.680. The van der Waals surface area contributed by atoms with E-state index in [-0.39, 0.29) is 0 Å². The maximum absolute atomic E-state index is 6.18. The summed E-state index contributed by atoms with van der Waals surface area (Å²) in [5.41, 5.74) is 3.06. The highest BCUT2D eigenvalue weighted by Crippen LogP contribution is 2.31. The summed E-state index contributed by atoms with van der Waals surface area (Å²) in [6, 6.07) is 15.7. The predicted molar refractivity (Wildman–Crippen MR) is 78.7 cm³/mol. The van der Waals surface area contributed by atoms with E-state index in [1.165, 1.54) is 0 Å². The first kappa shape index (κ1) is 12.0. The van der Waals surface area contributed by atoms with Gasteiger partial charge >= 0.3 is 0 Å².